The standard InChI is InChI=1S/C22H16Cl2N2O6/c23-13-5-3-4-12(20(13)24)15-8-9-17(31-15)22(29)30-11-19(27)26-10-18(21(25)28)32-16-7-2-1-6-14(16)26/h1-9,18H,10-11H2,(H2,25,28)/t18-/m0/s1. The number of halogens is 2. The summed E-state index contributed by atoms with van der Waals surface area (Å²) in [6.07, 6.45) is -1.01. The van der Waals surface area contributed by atoms with Gasteiger partial charge in [0, 0.05) is 5.56 Å². The van der Waals surface area contributed by atoms with Crippen LogP contribution in [0.2, 0.25) is 10.0 Å². The Labute approximate surface area is 192 Å². The van der Waals surface area contributed by atoms with Crippen molar-refractivity contribution in [1.82, 2.24) is 0 Å². The van der Waals surface area contributed by atoms with Gasteiger partial charge in [0.05, 0.1) is 22.3 Å². The molecule has 1 aliphatic rings. The number of nitrogens with two attached hydrogens (primary N) is 1. The number of para-hydroxylation sites is 2. The second kappa shape index (κ2) is 8.94. The molecule has 2 amide bonds. The number of furan rings is 1. The Hall–Kier alpha value is -3.49. The number of carbonyl (C=O) groups excluding carboxylic acids is 3. The van der Waals surface area contributed by atoms with Crippen molar-refractivity contribution in [2.45, 2.75) is 6.10 Å². The highest BCUT2D eigenvalue weighted by atomic mass is 35.5. The molecule has 1 aromatic heterocycles. The summed E-state index contributed by atoms with van der Waals surface area (Å²) in [6.45, 7) is -0.673. The van der Waals surface area contributed by atoms with Gasteiger partial charge < -0.3 is 24.5 Å². The van der Waals surface area contributed by atoms with E-state index in [0.29, 0.717) is 27.8 Å². The summed E-state index contributed by atoms with van der Waals surface area (Å²) in [4.78, 5) is 38.0. The fraction of sp³-hybridized carbons (Fsp3) is 0.136. The van der Waals surface area contributed by atoms with Crippen molar-refractivity contribution in [1.29, 1.82) is 0 Å². The average molecular weight is 475 g/mol. The van der Waals surface area contributed by atoms with Crippen LogP contribution in [0.15, 0.2) is 59.0 Å². The monoisotopic (exact) mass is 474 g/mol. The van der Waals surface area contributed by atoms with Gasteiger partial charge in [-0.2, -0.15) is 0 Å². The van der Waals surface area contributed by atoms with Crippen LogP contribution in [0.5, 0.6) is 5.75 Å². The minimum Gasteiger partial charge on any atom is -0.477 e. The molecule has 1 aliphatic heterocycles. The van der Waals surface area contributed by atoms with Gasteiger partial charge in [-0.15, -0.1) is 0 Å². The smallest absolute Gasteiger partial charge is 0.374 e. The van der Waals surface area contributed by atoms with Gasteiger partial charge >= 0.3 is 5.97 Å². The third-order valence-corrected chi connectivity index (χ3v) is 5.56. The zero-order chi connectivity index (χ0) is 22.8. The first-order valence-electron chi connectivity index (χ1n) is 9.42. The number of hydrogen-bond donors (Lipinski definition) is 1. The molecule has 0 radical (unpaired) electrons. The van der Waals surface area contributed by atoms with E-state index in [2.05, 4.69) is 0 Å². The molecular weight excluding hydrogens is 459 g/mol. The predicted octanol–water partition coefficient (Wildman–Crippen LogP) is 3.69. The molecule has 0 saturated heterocycles. The van der Waals surface area contributed by atoms with Crippen LogP contribution >= 0.6 is 23.2 Å². The van der Waals surface area contributed by atoms with Crippen LogP contribution in [0, 0.1) is 0 Å². The summed E-state index contributed by atoms with van der Waals surface area (Å²) < 4.78 is 16.2. The van der Waals surface area contributed by atoms with Crippen LogP contribution in [0.4, 0.5) is 5.69 Å². The Balaban J connectivity index is 1.45. The Morgan fingerprint density at radius 3 is 2.62 bits per heavy atom. The van der Waals surface area contributed by atoms with Crippen LogP contribution in [0.1, 0.15) is 10.6 Å². The summed E-state index contributed by atoms with van der Waals surface area (Å²) in [5, 5.41) is 0.629. The fourth-order valence-corrected chi connectivity index (χ4v) is 3.58. The average Bonchev–Trinajstić information content (AvgIpc) is 3.28. The van der Waals surface area contributed by atoms with Crippen LogP contribution in [-0.2, 0) is 14.3 Å². The number of amides is 2. The molecule has 2 aromatic carbocycles. The van der Waals surface area contributed by atoms with Crippen LogP contribution < -0.4 is 15.4 Å². The van der Waals surface area contributed by atoms with Crippen molar-refractivity contribution in [3.8, 4) is 17.1 Å². The summed E-state index contributed by atoms with van der Waals surface area (Å²) in [7, 11) is 0. The van der Waals surface area contributed by atoms with Gasteiger partial charge in [-0.1, -0.05) is 41.4 Å². The molecule has 0 bridgehead atoms. The van der Waals surface area contributed by atoms with E-state index >= 15 is 0 Å². The molecule has 2 N–H and O–H groups in total. The first kappa shape index (κ1) is 21.7. The molecule has 10 heteroatoms. The van der Waals surface area contributed by atoms with Gasteiger partial charge in [-0.05, 0) is 36.4 Å². The Kier molecular flexibility index (Phi) is 6.07. The molecule has 2 heterocycles. The van der Waals surface area contributed by atoms with E-state index in [1.54, 1.807) is 48.5 Å². The lowest BCUT2D eigenvalue weighted by atomic mass is 10.2. The Morgan fingerprint density at radius 1 is 1.06 bits per heavy atom. The maximum Gasteiger partial charge on any atom is 0.374 e. The molecule has 8 nitrogen and oxygen atoms in total. The molecular formula is C22H16Cl2N2O6. The molecule has 0 unspecified atom stereocenters. The molecule has 0 saturated carbocycles. The number of nitrogens with zero attached hydrogens (tertiary/aromatic N) is 1. The highest BCUT2D eigenvalue weighted by molar-refractivity contribution is 6.43. The lowest BCUT2D eigenvalue weighted by Gasteiger charge is -2.33. The predicted molar refractivity (Wildman–Crippen MR) is 117 cm³/mol. The van der Waals surface area contributed by atoms with Gasteiger partial charge in [0.25, 0.3) is 11.8 Å². The van der Waals surface area contributed by atoms with Crippen molar-refractivity contribution < 1.29 is 28.3 Å². The number of benzene rings is 2. The third kappa shape index (κ3) is 4.28. The summed E-state index contributed by atoms with van der Waals surface area (Å²) >= 11 is 12.2. The molecule has 164 valence electrons. The van der Waals surface area contributed by atoms with E-state index in [0.717, 1.165) is 0 Å². The zero-order valence-electron chi connectivity index (χ0n) is 16.4. The van der Waals surface area contributed by atoms with E-state index in [4.69, 9.17) is 42.8 Å². The lowest BCUT2D eigenvalue weighted by Crippen LogP contribution is -2.50. The third-order valence-electron chi connectivity index (χ3n) is 4.74. The number of esters is 1. The van der Waals surface area contributed by atoms with E-state index in [-0.39, 0.29) is 17.3 Å². The van der Waals surface area contributed by atoms with Gasteiger partial charge in [0.2, 0.25) is 5.76 Å². The number of fused-ring (bicyclic) bond motifs is 1. The molecule has 32 heavy (non-hydrogen) atoms. The van der Waals surface area contributed by atoms with E-state index in [1.165, 1.54) is 11.0 Å². The van der Waals surface area contributed by atoms with Gasteiger partial charge in [-0.25, -0.2) is 4.79 Å². The van der Waals surface area contributed by atoms with Crippen molar-refractivity contribution in [2.24, 2.45) is 5.73 Å². The first-order valence-corrected chi connectivity index (χ1v) is 10.2. The second-order valence-corrected chi connectivity index (χ2v) is 7.61. The maximum atomic E-state index is 12.8. The second-order valence-electron chi connectivity index (χ2n) is 6.82. The van der Waals surface area contributed by atoms with Crippen molar-refractivity contribution in [3.63, 3.8) is 0 Å². The molecule has 0 aliphatic carbocycles. The minimum atomic E-state index is -1.01. The number of rotatable bonds is 5. The normalized spacial score (nSPS) is 14.9. The first-order chi connectivity index (χ1) is 15.3. The summed E-state index contributed by atoms with van der Waals surface area (Å²) in [6, 6.07) is 14.7. The highest BCUT2D eigenvalue weighted by Crippen LogP contribution is 2.35. The van der Waals surface area contributed by atoms with E-state index in [9.17, 15) is 14.4 Å². The number of carbonyl (C=O) groups is 3. The van der Waals surface area contributed by atoms with Gasteiger partial charge in [0.1, 0.15) is 11.5 Å². The molecule has 4 rings (SSSR count). The molecule has 1 atom stereocenters. The quantitative estimate of drug-likeness (QED) is 0.564. The van der Waals surface area contributed by atoms with Crippen LogP contribution in [0.25, 0.3) is 11.3 Å². The lowest BCUT2D eigenvalue weighted by molar-refractivity contribution is -0.126. The van der Waals surface area contributed by atoms with E-state index in [1.807, 2.05) is 0 Å². The maximum absolute atomic E-state index is 12.8. The Morgan fingerprint density at radius 2 is 1.84 bits per heavy atom. The van der Waals surface area contributed by atoms with E-state index < -0.39 is 30.5 Å². The van der Waals surface area contributed by atoms with Crippen molar-refractivity contribution >= 4 is 46.7 Å². The topological polar surface area (TPSA) is 112 Å². The van der Waals surface area contributed by atoms with Gasteiger partial charge in [-0.3, -0.25) is 9.59 Å². The number of primary amides is 1. The summed E-state index contributed by atoms with van der Waals surface area (Å²) in [5.74, 6) is -1.56. The molecule has 0 spiro atoms. The van der Waals surface area contributed by atoms with Gasteiger partial charge in [0.15, 0.2) is 12.7 Å². The van der Waals surface area contributed by atoms with Crippen molar-refractivity contribution in [2.75, 3.05) is 18.1 Å². The number of ether oxygens (including phenoxy) is 2. The Bertz CT molecular complexity index is 1210. The fourth-order valence-electron chi connectivity index (χ4n) is 3.18. The molecule has 3 aromatic rings. The molecule has 0 fully saturated rings. The number of anilines is 1. The van der Waals surface area contributed by atoms with Crippen LogP contribution in [-0.4, -0.2) is 37.0 Å². The minimum absolute atomic E-state index is 0.0963. The van der Waals surface area contributed by atoms with Crippen LogP contribution in [0.3, 0.4) is 0 Å². The number of hydrogen-bond acceptors (Lipinski definition) is 6. The van der Waals surface area contributed by atoms with Crippen molar-refractivity contribution in [3.05, 3.63) is 70.4 Å². The highest BCUT2D eigenvalue weighted by Gasteiger charge is 2.33. The SMILES string of the molecule is NC(=O)[C@@H]1CN(C(=O)COC(=O)c2ccc(-c3cccc(Cl)c3Cl)o2)c2ccccc2O1. The summed E-state index contributed by atoms with van der Waals surface area (Å²) in [5.41, 5.74) is 6.29. The zero-order valence-corrected chi connectivity index (χ0v) is 17.9. The largest absolute Gasteiger partial charge is 0.477 e.